The fourth-order valence-electron chi connectivity index (χ4n) is 5.38. The molecule has 0 aliphatic rings. The van der Waals surface area contributed by atoms with Crippen LogP contribution in [0.15, 0.2) is 0 Å². The predicted molar refractivity (Wildman–Crippen MR) is 196 cm³/mol. The van der Waals surface area contributed by atoms with E-state index in [-0.39, 0.29) is 12.8 Å². The van der Waals surface area contributed by atoms with Crippen LogP contribution in [0.2, 0.25) is 0 Å². The van der Waals surface area contributed by atoms with Crippen LogP contribution in [0.3, 0.4) is 0 Å². The molecule has 0 aliphatic carbocycles. The Hall–Kier alpha value is -0.568. The number of carbonyl (C=O) groups excluding carboxylic acids is 2. The van der Waals surface area contributed by atoms with Crippen LogP contribution in [0.4, 0.5) is 0 Å². The SMILES string of the molecule is CCC(C)[O][Al+2].CCCCCCCCCCCCCCCCCC(=O)[O-].CCCCCCCCCCCCCCCCCC(=O)[O-]. The van der Waals surface area contributed by atoms with Gasteiger partial charge in [0.05, 0.1) is 0 Å². The van der Waals surface area contributed by atoms with E-state index in [9.17, 15) is 19.8 Å². The molecule has 0 aromatic heterocycles. The summed E-state index contributed by atoms with van der Waals surface area (Å²) in [5.41, 5.74) is 0. The number of unbranched alkanes of at least 4 members (excludes halogenated alkanes) is 28. The first kappa shape index (κ1) is 49.8. The van der Waals surface area contributed by atoms with Crippen molar-refractivity contribution in [1.82, 2.24) is 0 Å². The van der Waals surface area contributed by atoms with Crippen LogP contribution >= 0.6 is 0 Å². The van der Waals surface area contributed by atoms with E-state index in [0.29, 0.717) is 6.10 Å². The van der Waals surface area contributed by atoms with Crippen LogP contribution in [-0.2, 0) is 13.4 Å². The average molecular weight is 667 g/mol. The van der Waals surface area contributed by atoms with Crippen molar-refractivity contribution in [3.05, 3.63) is 0 Å². The first-order valence-electron chi connectivity index (χ1n) is 20.1. The molecule has 272 valence electrons. The molecule has 1 unspecified atom stereocenters. The summed E-state index contributed by atoms with van der Waals surface area (Å²) in [4.78, 5) is 20.4. The Morgan fingerprint density at radius 3 is 0.761 bits per heavy atom. The average Bonchev–Trinajstić information content (AvgIpc) is 3.04. The Balaban J connectivity index is -0.000000682. The smallest absolute Gasteiger partial charge is 0.0414 e. The van der Waals surface area contributed by atoms with Gasteiger partial charge in [0.25, 0.3) is 0 Å². The van der Waals surface area contributed by atoms with Crippen molar-refractivity contribution < 1.29 is 23.6 Å². The summed E-state index contributed by atoms with van der Waals surface area (Å²) < 4.78 is 4.82. The summed E-state index contributed by atoms with van der Waals surface area (Å²) in [5.74, 6) is -1.81. The summed E-state index contributed by atoms with van der Waals surface area (Å²) in [7, 11) is 0. The number of carboxylic acid groups (broad SMARTS) is 2. The van der Waals surface area contributed by atoms with Crippen molar-refractivity contribution in [3.63, 3.8) is 0 Å². The Labute approximate surface area is 297 Å². The van der Waals surface area contributed by atoms with E-state index in [0.717, 1.165) is 32.1 Å². The summed E-state index contributed by atoms with van der Waals surface area (Å²) in [6.45, 7) is 8.66. The van der Waals surface area contributed by atoms with Crippen LogP contribution < -0.4 is 10.2 Å². The van der Waals surface area contributed by atoms with Gasteiger partial charge in [0, 0.05) is 11.9 Å². The second-order valence-corrected chi connectivity index (χ2v) is 13.8. The molecule has 46 heavy (non-hydrogen) atoms. The van der Waals surface area contributed by atoms with Gasteiger partial charge in [-0.25, -0.2) is 0 Å². The topological polar surface area (TPSA) is 89.5 Å². The summed E-state index contributed by atoms with van der Waals surface area (Å²) in [6, 6.07) is 0. The zero-order valence-corrected chi connectivity index (χ0v) is 32.7. The van der Waals surface area contributed by atoms with Crippen molar-refractivity contribution in [2.24, 2.45) is 0 Å². The van der Waals surface area contributed by atoms with E-state index >= 15 is 0 Å². The second-order valence-electron chi connectivity index (χ2n) is 13.5. The molecule has 0 fully saturated rings. The largest absolute Gasteiger partial charge is 0.550 e. The third kappa shape index (κ3) is 55.8. The normalized spacial score (nSPS) is 11.3. The summed E-state index contributed by atoms with van der Waals surface area (Å²) in [6.07, 6.45) is 41.2. The summed E-state index contributed by atoms with van der Waals surface area (Å²) in [5, 5.41) is 20.4. The van der Waals surface area contributed by atoms with Crippen LogP contribution in [0.1, 0.15) is 240 Å². The molecule has 0 bridgehead atoms. The molecule has 6 heteroatoms. The van der Waals surface area contributed by atoms with E-state index in [1.54, 1.807) is 0 Å². The molecule has 0 aliphatic heterocycles. The number of carboxylic acids is 2. The maximum Gasteiger partial charge on any atom is 0.0414 e. The first-order chi connectivity index (χ1) is 22.3. The van der Waals surface area contributed by atoms with Gasteiger partial charge in [0.15, 0.2) is 0 Å². The monoisotopic (exact) mass is 667 g/mol. The second kappa shape index (κ2) is 46.6. The van der Waals surface area contributed by atoms with E-state index in [4.69, 9.17) is 3.79 Å². The van der Waals surface area contributed by atoms with Gasteiger partial charge in [-0.2, -0.15) is 0 Å². The molecular formula is C40H79AlO5. The van der Waals surface area contributed by atoms with Crippen LogP contribution in [0, 0.1) is 0 Å². The fraction of sp³-hybridized carbons (Fsp3) is 0.950. The van der Waals surface area contributed by atoms with Gasteiger partial charge in [-0.1, -0.05) is 194 Å². The van der Waals surface area contributed by atoms with E-state index in [1.807, 2.05) is 6.92 Å². The molecule has 0 aromatic rings. The minimum atomic E-state index is -0.903. The van der Waals surface area contributed by atoms with Gasteiger partial charge in [0.1, 0.15) is 0 Å². The van der Waals surface area contributed by atoms with Crippen molar-refractivity contribution in [3.8, 4) is 0 Å². The zero-order valence-electron chi connectivity index (χ0n) is 31.5. The van der Waals surface area contributed by atoms with Crippen molar-refractivity contribution in [2.75, 3.05) is 0 Å². The first-order valence-corrected chi connectivity index (χ1v) is 20.6. The zero-order chi connectivity index (χ0) is 34.8. The molecule has 0 spiro atoms. The molecule has 0 amide bonds. The number of rotatable bonds is 34. The number of hydrogen-bond acceptors (Lipinski definition) is 5. The van der Waals surface area contributed by atoms with E-state index in [2.05, 4.69) is 37.4 Å². The molecule has 0 radical (unpaired) electrons. The molecule has 5 nitrogen and oxygen atoms in total. The third-order valence-corrected chi connectivity index (χ3v) is 9.24. The maximum atomic E-state index is 10.2. The minimum absolute atomic E-state index is 0.234. The quantitative estimate of drug-likeness (QED) is 0.0503. The van der Waals surface area contributed by atoms with Crippen molar-refractivity contribution in [1.29, 1.82) is 0 Å². The molecule has 0 N–H and O–H groups in total. The van der Waals surface area contributed by atoms with E-state index < -0.39 is 11.9 Å². The standard InChI is InChI=1S/2C18H36O2.C4H9O.Al/c2*1-2-3-4-5-6-7-8-9-10-11-12-13-14-15-16-17-18(19)20;1-3-4(2)5;/h2*2-17H2,1H3,(H,19,20);4H,3H2,1-2H3;/q;;-1;+3/p-2. The van der Waals surface area contributed by atoms with Gasteiger partial charge >= 0.3 is 46.8 Å². The third-order valence-electron chi connectivity index (χ3n) is 8.78. The van der Waals surface area contributed by atoms with Crippen LogP contribution in [0.5, 0.6) is 0 Å². The fourth-order valence-corrected chi connectivity index (χ4v) is 5.57. The van der Waals surface area contributed by atoms with Crippen LogP contribution in [0.25, 0.3) is 0 Å². The Bertz CT molecular complexity index is 524. The Morgan fingerprint density at radius 1 is 0.435 bits per heavy atom. The molecule has 1 atom stereocenters. The molecule has 0 rings (SSSR count). The van der Waals surface area contributed by atoms with Gasteiger partial charge in [-0.3, -0.25) is 0 Å². The molecule has 0 saturated heterocycles. The molecule has 0 saturated carbocycles. The van der Waals surface area contributed by atoms with Crippen molar-refractivity contribution in [2.45, 2.75) is 246 Å². The van der Waals surface area contributed by atoms with Gasteiger partial charge in [-0.05, 0) is 25.7 Å². The van der Waals surface area contributed by atoms with Gasteiger partial charge in [0.2, 0.25) is 0 Å². The van der Waals surface area contributed by atoms with Gasteiger partial charge in [-0.15, -0.1) is 0 Å². The number of carbonyl (C=O) groups is 2. The number of aliphatic carboxylic acids is 2. The van der Waals surface area contributed by atoms with E-state index in [1.165, 1.54) is 167 Å². The Morgan fingerprint density at radius 2 is 0.630 bits per heavy atom. The maximum absolute atomic E-state index is 10.2. The Kier molecular flexibility index (Phi) is 50.4. The molecule has 0 aromatic carbocycles. The summed E-state index contributed by atoms with van der Waals surface area (Å²) >= 11 is 2.24. The predicted octanol–water partition coefficient (Wildman–Crippen LogP) is 10.9. The van der Waals surface area contributed by atoms with Crippen LogP contribution in [-0.4, -0.2) is 34.7 Å². The minimum Gasteiger partial charge on any atom is -0.550 e. The number of hydrogen-bond donors (Lipinski definition) is 0. The molecular weight excluding hydrogens is 587 g/mol. The molecule has 0 heterocycles. The van der Waals surface area contributed by atoms with Gasteiger partial charge < -0.3 is 19.8 Å². The van der Waals surface area contributed by atoms with Crippen molar-refractivity contribution >= 4 is 28.6 Å².